The van der Waals surface area contributed by atoms with Gasteiger partial charge in [0.1, 0.15) is 0 Å². The van der Waals surface area contributed by atoms with Gasteiger partial charge in [-0.3, -0.25) is 9.89 Å². The topological polar surface area (TPSA) is 42.9 Å². The fourth-order valence-corrected chi connectivity index (χ4v) is 3.70. The molecule has 1 fully saturated rings. The Morgan fingerprint density at radius 1 is 1.19 bits per heavy atom. The van der Waals surface area contributed by atoms with Crippen molar-refractivity contribution < 1.29 is 0 Å². The van der Waals surface area contributed by atoms with E-state index >= 15 is 0 Å². The Morgan fingerprint density at radius 3 is 2.42 bits per heavy atom. The van der Waals surface area contributed by atoms with E-state index in [0.29, 0.717) is 6.04 Å². The zero-order chi connectivity index (χ0) is 19.0. The van der Waals surface area contributed by atoms with Crippen LogP contribution in [0.5, 0.6) is 0 Å². The van der Waals surface area contributed by atoms with E-state index in [4.69, 9.17) is 0 Å². The maximum absolute atomic E-state index is 4.42. The van der Waals surface area contributed by atoms with Crippen LogP contribution in [-0.2, 0) is 6.54 Å². The molecule has 26 heavy (non-hydrogen) atoms. The normalized spacial score (nSPS) is 17.5. The SMILES string of the molecule is CN=C(NCC(C)(C)CN(C)C)NC1CCN(Cc2ccccc2)CC1. The summed E-state index contributed by atoms with van der Waals surface area (Å²) in [5, 5.41) is 7.13. The summed E-state index contributed by atoms with van der Waals surface area (Å²) in [6.07, 6.45) is 2.32. The second-order valence-corrected chi connectivity index (χ2v) is 8.51. The lowest BCUT2D eigenvalue weighted by Crippen LogP contribution is -2.50. The third-order valence-corrected chi connectivity index (χ3v) is 4.88. The molecular weight excluding hydrogens is 322 g/mol. The van der Waals surface area contributed by atoms with Gasteiger partial charge in [0, 0.05) is 45.8 Å². The first-order chi connectivity index (χ1) is 12.4. The second-order valence-electron chi connectivity index (χ2n) is 8.51. The van der Waals surface area contributed by atoms with E-state index in [1.165, 1.54) is 5.56 Å². The summed E-state index contributed by atoms with van der Waals surface area (Å²) >= 11 is 0. The van der Waals surface area contributed by atoms with E-state index < -0.39 is 0 Å². The summed E-state index contributed by atoms with van der Waals surface area (Å²) in [5.74, 6) is 0.929. The third-order valence-electron chi connectivity index (χ3n) is 4.88. The summed E-state index contributed by atoms with van der Waals surface area (Å²) in [6.45, 7) is 9.86. The van der Waals surface area contributed by atoms with Crippen molar-refractivity contribution in [2.75, 3.05) is 47.3 Å². The Hall–Kier alpha value is -1.59. The van der Waals surface area contributed by atoms with Crippen molar-refractivity contribution in [3.63, 3.8) is 0 Å². The summed E-state index contributed by atoms with van der Waals surface area (Å²) in [7, 11) is 6.11. The molecule has 0 radical (unpaired) electrons. The molecule has 1 aliphatic heterocycles. The van der Waals surface area contributed by atoms with E-state index in [1.54, 1.807) is 0 Å². The first kappa shape index (κ1) is 20.7. The number of hydrogen-bond acceptors (Lipinski definition) is 3. The summed E-state index contributed by atoms with van der Waals surface area (Å²) in [6, 6.07) is 11.3. The molecule has 0 aromatic heterocycles. The molecule has 0 unspecified atom stereocenters. The lowest BCUT2D eigenvalue weighted by molar-refractivity contribution is 0.198. The molecular formula is C21H37N5. The number of nitrogens with one attached hydrogen (secondary N) is 2. The van der Waals surface area contributed by atoms with Crippen LogP contribution >= 0.6 is 0 Å². The molecule has 1 saturated heterocycles. The minimum atomic E-state index is 0.208. The Morgan fingerprint density at radius 2 is 1.85 bits per heavy atom. The molecule has 1 aliphatic rings. The average Bonchev–Trinajstić information content (AvgIpc) is 2.60. The summed E-state index contributed by atoms with van der Waals surface area (Å²) < 4.78 is 0. The van der Waals surface area contributed by atoms with Gasteiger partial charge in [-0.25, -0.2) is 0 Å². The molecule has 0 aliphatic carbocycles. The number of hydrogen-bond donors (Lipinski definition) is 2. The first-order valence-corrected chi connectivity index (χ1v) is 9.76. The molecule has 1 heterocycles. The fourth-order valence-electron chi connectivity index (χ4n) is 3.70. The van der Waals surface area contributed by atoms with Gasteiger partial charge < -0.3 is 15.5 Å². The van der Waals surface area contributed by atoms with Crippen molar-refractivity contribution in [1.29, 1.82) is 0 Å². The van der Waals surface area contributed by atoms with Crippen LogP contribution in [0.2, 0.25) is 0 Å². The predicted molar refractivity (Wildman–Crippen MR) is 112 cm³/mol. The molecule has 2 N–H and O–H groups in total. The Bertz CT molecular complexity index is 545. The van der Waals surface area contributed by atoms with Crippen molar-refractivity contribution in [2.45, 2.75) is 39.3 Å². The number of likely N-dealkylation sites (tertiary alicyclic amines) is 1. The van der Waals surface area contributed by atoms with E-state index in [1.807, 2.05) is 7.05 Å². The molecule has 0 spiro atoms. The summed E-state index contributed by atoms with van der Waals surface area (Å²) in [4.78, 5) is 9.20. The number of aliphatic imine (C=N–C) groups is 1. The summed E-state index contributed by atoms with van der Waals surface area (Å²) in [5.41, 5.74) is 1.61. The molecule has 0 amide bonds. The van der Waals surface area contributed by atoms with Crippen LogP contribution in [0.1, 0.15) is 32.3 Å². The molecule has 0 atom stereocenters. The molecule has 1 aromatic carbocycles. The van der Waals surface area contributed by atoms with Crippen LogP contribution in [0.25, 0.3) is 0 Å². The van der Waals surface area contributed by atoms with Crippen LogP contribution in [0, 0.1) is 5.41 Å². The Balaban J connectivity index is 1.73. The second kappa shape index (κ2) is 9.93. The van der Waals surface area contributed by atoms with Gasteiger partial charge in [0.2, 0.25) is 0 Å². The van der Waals surface area contributed by atoms with E-state index in [-0.39, 0.29) is 5.41 Å². The zero-order valence-corrected chi connectivity index (χ0v) is 17.3. The van der Waals surface area contributed by atoms with Gasteiger partial charge in [0.05, 0.1) is 0 Å². The molecule has 5 heteroatoms. The number of guanidine groups is 1. The Kier molecular flexibility index (Phi) is 7.91. The van der Waals surface area contributed by atoms with E-state index in [9.17, 15) is 0 Å². The molecule has 2 rings (SSSR count). The van der Waals surface area contributed by atoms with Crippen LogP contribution in [0.4, 0.5) is 0 Å². The maximum atomic E-state index is 4.42. The van der Waals surface area contributed by atoms with Crippen molar-refractivity contribution >= 4 is 5.96 Å². The minimum absolute atomic E-state index is 0.208. The standard InChI is InChI=1S/C21H37N5/c1-21(2,17-25(4)5)16-23-20(22-3)24-19-11-13-26(14-12-19)15-18-9-7-6-8-10-18/h6-10,19H,11-17H2,1-5H3,(H2,22,23,24). The average molecular weight is 360 g/mol. The fraction of sp³-hybridized carbons (Fsp3) is 0.667. The van der Waals surface area contributed by atoms with Gasteiger partial charge in [0.15, 0.2) is 5.96 Å². The number of nitrogens with zero attached hydrogens (tertiary/aromatic N) is 3. The molecule has 0 bridgehead atoms. The van der Waals surface area contributed by atoms with E-state index in [2.05, 4.69) is 83.7 Å². The van der Waals surface area contributed by atoms with E-state index in [0.717, 1.165) is 51.5 Å². The van der Waals surface area contributed by atoms with Crippen molar-refractivity contribution in [2.24, 2.45) is 10.4 Å². The smallest absolute Gasteiger partial charge is 0.191 e. The van der Waals surface area contributed by atoms with Gasteiger partial charge in [-0.05, 0) is 37.9 Å². The quantitative estimate of drug-likeness (QED) is 0.580. The highest BCUT2D eigenvalue weighted by Gasteiger charge is 2.22. The number of benzene rings is 1. The Labute approximate surface area is 159 Å². The molecule has 1 aromatic rings. The van der Waals surface area contributed by atoms with Gasteiger partial charge >= 0.3 is 0 Å². The highest BCUT2D eigenvalue weighted by atomic mass is 15.2. The van der Waals surface area contributed by atoms with Crippen molar-refractivity contribution in [3.8, 4) is 0 Å². The van der Waals surface area contributed by atoms with Crippen LogP contribution in [-0.4, -0.2) is 69.1 Å². The highest BCUT2D eigenvalue weighted by Crippen LogP contribution is 2.15. The van der Waals surface area contributed by atoms with Crippen molar-refractivity contribution in [1.82, 2.24) is 20.4 Å². The highest BCUT2D eigenvalue weighted by molar-refractivity contribution is 5.80. The van der Waals surface area contributed by atoms with Gasteiger partial charge in [0.25, 0.3) is 0 Å². The van der Waals surface area contributed by atoms with Gasteiger partial charge in [-0.2, -0.15) is 0 Å². The van der Waals surface area contributed by atoms with Crippen LogP contribution in [0.15, 0.2) is 35.3 Å². The lowest BCUT2D eigenvalue weighted by Gasteiger charge is -2.34. The van der Waals surface area contributed by atoms with Crippen LogP contribution in [0.3, 0.4) is 0 Å². The number of rotatable bonds is 7. The molecule has 0 saturated carbocycles. The van der Waals surface area contributed by atoms with Crippen molar-refractivity contribution in [3.05, 3.63) is 35.9 Å². The van der Waals surface area contributed by atoms with Gasteiger partial charge in [-0.15, -0.1) is 0 Å². The number of piperidine rings is 1. The predicted octanol–water partition coefficient (Wildman–Crippen LogP) is 2.40. The van der Waals surface area contributed by atoms with Gasteiger partial charge in [-0.1, -0.05) is 44.2 Å². The maximum Gasteiger partial charge on any atom is 0.191 e. The zero-order valence-electron chi connectivity index (χ0n) is 17.3. The monoisotopic (exact) mass is 359 g/mol. The largest absolute Gasteiger partial charge is 0.356 e. The molecule has 146 valence electrons. The van der Waals surface area contributed by atoms with Crippen LogP contribution < -0.4 is 10.6 Å². The first-order valence-electron chi connectivity index (χ1n) is 9.76. The minimum Gasteiger partial charge on any atom is -0.356 e. The third kappa shape index (κ3) is 7.34. The lowest BCUT2D eigenvalue weighted by atomic mass is 9.93. The molecule has 5 nitrogen and oxygen atoms in total.